The summed E-state index contributed by atoms with van der Waals surface area (Å²) in [4.78, 5) is 10.8. The van der Waals surface area contributed by atoms with Gasteiger partial charge in [-0.1, -0.05) is 6.92 Å². The highest BCUT2D eigenvalue weighted by molar-refractivity contribution is 7.89. The lowest BCUT2D eigenvalue weighted by Crippen LogP contribution is -2.40. The highest BCUT2D eigenvalue weighted by atomic mass is 32.2. The molecule has 0 heterocycles. The zero-order valence-corrected chi connectivity index (χ0v) is 12.2. The van der Waals surface area contributed by atoms with E-state index in [0.717, 1.165) is 19.3 Å². The third kappa shape index (κ3) is 4.45. The van der Waals surface area contributed by atoms with Gasteiger partial charge in [-0.2, -0.15) is 0 Å². The quantitative estimate of drug-likeness (QED) is 0.780. The number of sulfonamides is 1. The molecule has 2 aliphatic carbocycles. The molecule has 5 nitrogen and oxygen atoms in total. The number of carbonyl (C=O) groups is 1. The van der Waals surface area contributed by atoms with Crippen molar-refractivity contribution in [3.05, 3.63) is 0 Å². The second-order valence-corrected chi connectivity index (χ2v) is 8.26. The molecule has 6 heteroatoms. The maximum Gasteiger partial charge on any atom is 0.306 e. The fourth-order valence-electron chi connectivity index (χ4n) is 2.62. The van der Waals surface area contributed by atoms with Gasteiger partial charge in [-0.25, -0.2) is 13.1 Å². The maximum atomic E-state index is 12.0. The van der Waals surface area contributed by atoms with E-state index in [0.29, 0.717) is 25.7 Å². The Hall–Kier alpha value is -0.620. The summed E-state index contributed by atoms with van der Waals surface area (Å²) in [5.41, 5.74) is 0.246. The van der Waals surface area contributed by atoms with E-state index in [2.05, 4.69) is 11.6 Å². The van der Waals surface area contributed by atoms with Crippen molar-refractivity contribution in [2.75, 3.05) is 5.75 Å². The minimum absolute atomic E-state index is 0.0763. The largest absolute Gasteiger partial charge is 0.481 e. The van der Waals surface area contributed by atoms with Gasteiger partial charge in [0, 0.05) is 6.04 Å². The molecule has 0 bridgehead atoms. The maximum absolute atomic E-state index is 12.0. The molecule has 2 rings (SSSR count). The highest BCUT2D eigenvalue weighted by Crippen LogP contribution is 2.48. The Morgan fingerprint density at radius 1 is 1.26 bits per heavy atom. The number of nitrogens with one attached hydrogen (secondary N) is 1. The van der Waals surface area contributed by atoms with Crippen LogP contribution in [0.5, 0.6) is 0 Å². The Labute approximate surface area is 114 Å². The molecule has 0 aromatic heterocycles. The molecule has 0 saturated heterocycles. The van der Waals surface area contributed by atoms with Gasteiger partial charge in [-0.05, 0) is 50.4 Å². The summed E-state index contributed by atoms with van der Waals surface area (Å²) < 4.78 is 26.7. The third-order valence-electron chi connectivity index (χ3n) is 4.50. The van der Waals surface area contributed by atoms with Crippen molar-refractivity contribution < 1.29 is 18.3 Å². The van der Waals surface area contributed by atoms with Crippen LogP contribution in [0.15, 0.2) is 0 Å². The molecule has 2 aliphatic rings. The first kappa shape index (κ1) is 14.8. The molecule has 0 radical (unpaired) electrons. The molecule has 0 unspecified atom stereocenters. The molecule has 0 aromatic carbocycles. The zero-order valence-electron chi connectivity index (χ0n) is 11.4. The molecule has 0 spiro atoms. The first-order valence-electron chi connectivity index (χ1n) is 7.02. The van der Waals surface area contributed by atoms with E-state index in [1.54, 1.807) is 0 Å². The smallest absolute Gasteiger partial charge is 0.306 e. The SMILES string of the molecule is CC1(CCS(=O)(=O)NC2CCC(C(=O)O)CC2)CC1. The van der Waals surface area contributed by atoms with E-state index >= 15 is 0 Å². The lowest BCUT2D eigenvalue weighted by Gasteiger charge is -2.26. The van der Waals surface area contributed by atoms with Crippen LogP contribution >= 0.6 is 0 Å². The average Bonchev–Trinajstić information content (AvgIpc) is 3.06. The molecular weight excluding hydrogens is 266 g/mol. The topological polar surface area (TPSA) is 83.5 Å². The Bertz CT molecular complexity index is 434. The average molecular weight is 289 g/mol. The van der Waals surface area contributed by atoms with Crippen LogP contribution < -0.4 is 4.72 Å². The van der Waals surface area contributed by atoms with E-state index in [-0.39, 0.29) is 23.1 Å². The van der Waals surface area contributed by atoms with Crippen LogP contribution in [0.3, 0.4) is 0 Å². The zero-order chi connectivity index (χ0) is 14.1. The molecule has 110 valence electrons. The Morgan fingerprint density at radius 2 is 1.84 bits per heavy atom. The molecular formula is C13H23NO4S. The predicted molar refractivity (Wildman–Crippen MR) is 72.3 cm³/mol. The second kappa shape index (κ2) is 5.40. The van der Waals surface area contributed by atoms with Crippen molar-refractivity contribution in [1.29, 1.82) is 0 Å². The summed E-state index contributed by atoms with van der Waals surface area (Å²) in [5.74, 6) is -0.864. The van der Waals surface area contributed by atoms with E-state index in [1.807, 2.05) is 0 Å². The van der Waals surface area contributed by atoms with E-state index in [1.165, 1.54) is 0 Å². The molecule has 0 atom stereocenters. The molecule has 2 saturated carbocycles. The fraction of sp³-hybridized carbons (Fsp3) is 0.923. The molecule has 0 aliphatic heterocycles. The molecule has 0 aromatic rings. The number of hydrogen-bond donors (Lipinski definition) is 2. The van der Waals surface area contributed by atoms with Crippen LogP contribution in [0.2, 0.25) is 0 Å². The first-order valence-corrected chi connectivity index (χ1v) is 8.68. The molecule has 2 N–H and O–H groups in total. The van der Waals surface area contributed by atoms with Crippen molar-refractivity contribution >= 4 is 16.0 Å². The van der Waals surface area contributed by atoms with Gasteiger partial charge in [-0.15, -0.1) is 0 Å². The van der Waals surface area contributed by atoms with Crippen molar-refractivity contribution in [3.8, 4) is 0 Å². The van der Waals surface area contributed by atoms with Crippen LogP contribution in [0, 0.1) is 11.3 Å². The van der Waals surface area contributed by atoms with Gasteiger partial charge in [0.25, 0.3) is 0 Å². The number of carboxylic acids is 1. The summed E-state index contributed by atoms with van der Waals surface area (Å²) >= 11 is 0. The number of rotatable bonds is 6. The van der Waals surface area contributed by atoms with E-state index < -0.39 is 16.0 Å². The van der Waals surface area contributed by atoms with Gasteiger partial charge in [0.2, 0.25) is 10.0 Å². The summed E-state index contributed by atoms with van der Waals surface area (Å²) in [5, 5.41) is 8.90. The monoisotopic (exact) mass is 289 g/mol. The van der Waals surface area contributed by atoms with Crippen molar-refractivity contribution in [3.63, 3.8) is 0 Å². The number of hydrogen-bond acceptors (Lipinski definition) is 3. The second-order valence-electron chi connectivity index (χ2n) is 6.38. The van der Waals surface area contributed by atoms with Crippen LogP contribution in [0.1, 0.15) is 51.9 Å². The van der Waals surface area contributed by atoms with Crippen LogP contribution in [-0.2, 0) is 14.8 Å². The van der Waals surface area contributed by atoms with Crippen molar-refractivity contribution in [2.45, 2.75) is 57.9 Å². The normalized spacial score (nSPS) is 29.9. The van der Waals surface area contributed by atoms with E-state index in [9.17, 15) is 13.2 Å². The Kier molecular flexibility index (Phi) is 4.20. The van der Waals surface area contributed by atoms with Crippen LogP contribution in [0.4, 0.5) is 0 Å². The predicted octanol–water partition coefficient (Wildman–Crippen LogP) is 1.74. The Morgan fingerprint density at radius 3 is 2.32 bits per heavy atom. The van der Waals surface area contributed by atoms with Gasteiger partial charge in [0.15, 0.2) is 0 Å². The van der Waals surface area contributed by atoms with Crippen molar-refractivity contribution in [2.24, 2.45) is 11.3 Å². The van der Waals surface area contributed by atoms with Gasteiger partial charge in [-0.3, -0.25) is 4.79 Å². The van der Waals surface area contributed by atoms with Crippen LogP contribution in [-0.4, -0.2) is 31.3 Å². The third-order valence-corrected chi connectivity index (χ3v) is 5.93. The number of aliphatic carboxylic acids is 1. The molecule has 2 fully saturated rings. The van der Waals surface area contributed by atoms with Gasteiger partial charge >= 0.3 is 5.97 Å². The van der Waals surface area contributed by atoms with Crippen molar-refractivity contribution in [1.82, 2.24) is 4.72 Å². The van der Waals surface area contributed by atoms with Gasteiger partial charge < -0.3 is 5.11 Å². The Balaban J connectivity index is 1.76. The van der Waals surface area contributed by atoms with Crippen LogP contribution in [0.25, 0.3) is 0 Å². The minimum atomic E-state index is -3.21. The minimum Gasteiger partial charge on any atom is -0.481 e. The summed E-state index contributed by atoms with van der Waals surface area (Å²) in [6.45, 7) is 2.13. The molecule has 0 amide bonds. The standard InChI is InChI=1S/C13H23NO4S/c1-13(6-7-13)8-9-19(17,18)14-11-4-2-10(3-5-11)12(15)16/h10-11,14H,2-9H2,1H3,(H,15,16). The number of carboxylic acid groups (broad SMARTS) is 1. The van der Waals surface area contributed by atoms with E-state index in [4.69, 9.17) is 5.11 Å². The highest BCUT2D eigenvalue weighted by Gasteiger charge is 2.38. The first-order chi connectivity index (χ1) is 8.80. The fourth-order valence-corrected chi connectivity index (χ4v) is 4.24. The lowest BCUT2D eigenvalue weighted by molar-refractivity contribution is -0.142. The lowest BCUT2D eigenvalue weighted by atomic mass is 9.87. The summed E-state index contributed by atoms with van der Waals surface area (Å²) in [6.07, 6.45) is 5.40. The van der Waals surface area contributed by atoms with Gasteiger partial charge in [0.1, 0.15) is 0 Å². The molecule has 19 heavy (non-hydrogen) atoms. The summed E-state index contributed by atoms with van der Waals surface area (Å²) in [7, 11) is -3.21. The summed E-state index contributed by atoms with van der Waals surface area (Å²) in [6, 6.07) is -0.0763. The van der Waals surface area contributed by atoms with Gasteiger partial charge in [0.05, 0.1) is 11.7 Å².